The normalized spacial score (nSPS) is 13.6. The van der Waals surface area contributed by atoms with Crippen molar-refractivity contribution in [3.63, 3.8) is 0 Å². The van der Waals surface area contributed by atoms with Gasteiger partial charge in [-0.15, -0.1) is 5.73 Å². The van der Waals surface area contributed by atoms with Gasteiger partial charge in [0.25, 0.3) is 0 Å². The highest BCUT2D eigenvalue weighted by atomic mass is 13.9. The van der Waals surface area contributed by atoms with Gasteiger partial charge in [0.1, 0.15) is 0 Å². The Morgan fingerprint density at radius 2 is 1.88 bits per heavy atom. The molecule has 0 unspecified atom stereocenters. The fraction of sp³-hybridized carbons (Fsp3) is 0.0625. The second kappa shape index (κ2) is 5.75. The van der Waals surface area contributed by atoms with E-state index >= 15 is 0 Å². The van der Waals surface area contributed by atoms with Crippen LogP contribution in [0.3, 0.4) is 0 Å². The van der Waals surface area contributed by atoms with Crippen LogP contribution < -0.4 is 0 Å². The average Bonchev–Trinajstić information content (AvgIpc) is 2.59. The van der Waals surface area contributed by atoms with Crippen LogP contribution >= 0.6 is 0 Å². The van der Waals surface area contributed by atoms with Gasteiger partial charge >= 0.3 is 0 Å². The third-order valence-corrected chi connectivity index (χ3v) is 2.33. The summed E-state index contributed by atoms with van der Waals surface area (Å²) in [5, 5.41) is 0. The van der Waals surface area contributed by atoms with Gasteiger partial charge < -0.3 is 0 Å². The lowest BCUT2D eigenvalue weighted by Gasteiger charge is -1.89. The number of allylic oxidation sites excluding steroid dienone is 7. The van der Waals surface area contributed by atoms with Crippen LogP contribution in [-0.4, -0.2) is 0 Å². The number of benzene rings is 1. The molecule has 78 valence electrons. The molecule has 0 fully saturated rings. The maximum atomic E-state index is 3.20. The highest BCUT2D eigenvalue weighted by Gasteiger charge is 1.86. The lowest BCUT2D eigenvalue weighted by atomic mass is 10.2. The number of hydrogen-bond donors (Lipinski definition) is 0. The third-order valence-electron chi connectivity index (χ3n) is 2.33. The summed E-state index contributed by atoms with van der Waals surface area (Å²) in [4.78, 5) is 0. The molecule has 1 aromatic carbocycles. The quantitative estimate of drug-likeness (QED) is 0.633. The van der Waals surface area contributed by atoms with Crippen molar-refractivity contribution in [2.75, 3.05) is 0 Å². The molecule has 2 rings (SSSR count). The van der Waals surface area contributed by atoms with Gasteiger partial charge in [0, 0.05) is 0 Å². The van der Waals surface area contributed by atoms with E-state index in [0.29, 0.717) is 0 Å². The molecule has 1 aliphatic rings. The van der Waals surface area contributed by atoms with E-state index in [1.54, 1.807) is 0 Å². The van der Waals surface area contributed by atoms with Crippen LogP contribution in [0.15, 0.2) is 78.1 Å². The molecular formula is C16H14. The van der Waals surface area contributed by atoms with E-state index in [2.05, 4.69) is 48.2 Å². The Hall–Kier alpha value is -2.04. The van der Waals surface area contributed by atoms with Gasteiger partial charge in [0.2, 0.25) is 0 Å². The molecule has 0 amide bonds. The molecule has 16 heavy (non-hydrogen) atoms. The highest BCUT2D eigenvalue weighted by molar-refractivity contribution is 5.49. The van der Waals surface area contributed by atoms with Gasteiger partial charge in [-0.3, -0.25) is 0 Å². The van der Waals surface area contributed by atoms with Crippen molar-refractivity contribution in [3.05, 3.63) is 83.7 Å². The Kier molecular flexibility index (Phi) is 3.76. The maximum absolute atomic E-state index is 3.20. The van der Waals surface area contributed by atoms with Crippen molar-refractivity contribution in [2.24, 2.45) is 0 Å². The number of hydrogen-bond acceptors (Lipinski definition) is 0. The minimum absolute atomic E-state index is 0.992. The second-order valence-electron chi connectivity index (χ2n) is 3.59. The van der Waals surface area contributed by atoms with Crippen molar-refractivity contribution in [3.8, 4) is 0 Å². The Morgan fingerprint density at radius 1 is 1.00 bits per heavy atom. The van der Waals surface area contributed by atoms with Crippen LogP contribution in [0.2, 0.25) is 0 Å². The number of rotatable bonds is 2. The first-order chi connectivity index (χ1) is 7.95. The predicted octanol–water partition coefficient (Wildman–Crippen LogP) is 4.30. The Labute approximate surface area is 96.6 Å². The van der Waals surface area contributed by atoms with Gasteiger partial charge in [-0.25, -0.2) is 0 Å². The van der Waals surface area contributed by atoms with Crippen molar-refractivity contribution in [1.82, 2.24) is 0 Å². The molecule has 0 saturated carbocycles. The van der Waals surface area contributed by atoms with Gasteiger partial charge in [0.15, 0.2) is 0 Å². The summed E-state index contributed by atoms with van der Waals surface area (Å²) in [5.41, 5.74) is 5.58. The maximum Gasteiger partial charge on any atom is -0.0127 e. The van der Waals surface area contributed by atoms with E-state index in [-0.39, 0.29) is 0 Å². The minimum Gasteiger partial charge on any atom is -0.120 e. The van der Waals surface area contributed by atoms with Crippen LogP contribution in [-0.2, 0) is 0 Å². The first-order valence-corrected chi connectivity index (χ1v) is 5.46. The minimum atomic E-state index is 0.992. The van der Waals surface area contributed by atoms with Crippen LogP contribution in [0.1, 0.15) is 12.0 Å². The van der Waals surface area contributed by atoms with Gasteiger partial charge in [-0.2, -0.15) is 0 Å². The fourth-order valence-electron chi connectivity index (χ4n) is 1.49. The Bertz CT molecular complexity index is 478. The van der Waals surface area contributed by atoms with Gasteiger partial charge in [-0.1, -0.05) is 60.7 Å². The molecule has 1 aliphatic carbocycles. The van der Waals surface area contributed by atoms with E-state index in [9.17, 15) is 0 Å². The Morgan fingerprint density at radius 3 is 2.75 bits per heavy atom. The topological polar surface area (TPSA) is 0 Å². The summed E-state index contributed by atoms with van der Waals surface area (Å²) >= 11 is 0. The van der Waals surface area contributed by atoms with Crippen molar-refractivity contribution >= 4 is 6.08 Å². The molecule has 0 aromatic heterocycles. The molecule has 0 bridgehead atoms. The molecule has 0 heteroatoms. The average molecular weight is 206 g/mol. The largest absolute Gasteiger partial charge is 0.120 e. The summed E-state index contributed by atoms with van der Waals surface area (Å²) in [6.45, 7) is 0. The molecule has 0 nitrogen and oxygen atoms in total. The molecule has 0 spiro atoms. The fourth-order valence-corrected chi connectivity index (χ4v) is 1.49. The molecule has 1 aromatic rings. The lowest BCUT2D eigenvalue weighted by Crippen LogP contribution is -1.69. The predicted molar refractivity (Wildman–Crippen MR) is 70.0 cm³/mol. The highest BCUT2D eigenvalue weighted by Crippen LogP contribution is 2.06. The molecule has 0 heterocycles. The third kappa shape index (κ3) is 3.27. The van der Waals surface area contributed by atoms with Gasteiger partial charge in [0.05, 0.1) is 0 Å². The molecule has 0 N–H and O–H groups in total. The standard InChI is InChI=1S/C16H14/c1-2-5-10-15(9-4-1)13-8-14-16-11-6-3-7-12-16/h1-4,6-7,9-14H,5H2. The first-order valence-electron chi connectivity index (χ1n) is 5.46. The van der Waals surface area contributed by atoms with Crippen LogP contribution in [0.5, 0.6) is 0 Å². The van der Waals surface area contributed by atoms with E-state index in [4.69, 9.17) is 0 Å². The Balaban J connectivity index is 2.10. The zero-order valence-corrected chi connectivity index (χ0v) is 9.14. The summed E-state index contributed by atoms with van der Waals surface area (Å²) < 4.78 is 0. The summed E-state index contributed by atoms with van der Waals surface area (Å²) in [6.07, 6.45) is 15.5. The van der Waals surface area contributed by atoms with E-state index < -0.39 is 0 Å². The SMILES string of the molecule is C(=CC1=CCC=CC=C1)=Cc1ccccc1. The summed E-state index contributed by atoms with van der Waals surface area (Å²) in [5.74, 6) is 0. The second-order valence-corrected chi connectivity index (χ2v) is 3.59. The molecule has 0 atom stereocenters. The van der Waals surface area contributed by atoms with Gasteiger partial charge in [-0.05, 0) is 29.7 Å². The summed E-state index contributed by atoms with van der Waals surface area (Å²) in [7, 11) is 0. The monoisotopic (exact) mass is 206 g/mol. The van der Waals surface area contributed by atoms with E-state index in [0.717, 1.165) is 6.42 Å². The zero-order valence-electron chi connectivity index (χ0n) is 9.14. The van der Waals surface area contributed by atoms with E-state index in [1.807, 2.05) is 30.4 Å². The molecule has 0 saturated heterocycles. The lowest BCUT2D eigenvalue weighted by molar-refractivity contribution is 1.38. The smallest absolute Gasteiger partial charge is 0.0127 e. The summed E-state index contributed by atoms with van der Waals surface area (Å²) in [6, 6.07) is 10.2. The van der Waals surface area contributed by atoms with E-state index in [1.165, 1.54) is 11.1 Å². The van der Waals surface area contributed by atoms with Crippen molar-refractivity contribution in [1.29, 1.82) is 0 Å². The zero-order chi connectivity index (χ0) is 11.1. The molecule has 0 aliphatic heterocycles. The van der Waals surface area contributed by atoms with Crippen LogP contribution in [0, 0.1) is 0 Å². The molecular weight excluding hydrogens is 192 g/mol. The van der Waals surface area contributed by atoms with Crippen molar-refractivity contribution < 1.29 is 0 Å². The first kappa shape index (κ1) is 10.5. The van der Waals surface area contributed by atoms with Crippen molar-refractivity contribution in [2.45, 2.75) is 6.42 Å². The van der Waals surface area contributed by atoms with Crippen LogP contribution in [0.4, 0.5) is 0 Å². The molecule has 0 radical (unpaired) electrons. The van der Waals surface area contributed by atoms with Crippen LogP contribution in [0.25, 0.3) is 6.08 Å².